The van der Waals surface area contributed by atoms with E-state index in [9.17, 15) is 14.0 Å². The Morgan fingerprint density at radius 2 is 1.64 bits per heavy atom. The third kappa shape index (κ3) is 6.46. The summed E-state index contributed by atoms with van der Waals surface area (Å²) < 4.78 is 13.1. The molecule has 0 unspecified atom stereocenters. The van der Waals surface area contributed by atoms with Crippen LogP contribution in [0.4, 0.5) is 10.1 Å². The second kappa shape index (κ2) is 10.6. The summed E-state index contributed by atoms with van der Waals surface area (Å²) >= 11 is 0. The first kappa shape index (κ1) is 21.6. The van der Waals surface area contributed by atoms with E-state index in [4.69, 9.17) is 0 Å². The third-order valence-corrected chi connectivity index (χ3v) is 4.50. The first-order valence-electron chi connectivity index (χ1n) is 9.54. The van der Waals surface area contributed by atoms with Crippen LogP contribution in [0.25, 0.3) is 0 Å². The standard InChI is InChI=1S/C22H28FN3O2/c1-4-16-7-5-6-8-19(16)26-21(28)14-24-20(27)13-25-22(15(2)3)17-9-11-18(23)12-10-17/h5-12,15,22,25H,4,13-14H2,1-3H3,(H,24,27)(H,26,28)/t22-/m0/s1. The molecule has 2 rings (SSSR count). The molecule has 0 bridgehead atoms. The van der Waals surface area contributed by atoms with Crippen molar-refractivity contribution in [3.63, 3.8) is 0 Å². The highest BCUT2D eigenvalue weighted by Gasteiger charge is 2.17. The molecule has 0 aliphatic heterocycles. The van der Waals surface area contributed by atoms with E-state index in [1.165, 1.54) is 12.1 Å². The summed E-state index contributed by atoms with van der Waals surface area (Å²) in [4.78, 5) is 24.2. The summed E-state index contributed by atoms with van der Waals surface area (Å²) in [7, 11) is 0. The summed E-state index contributed by atoms with van der Waals surface area (Å²) in [5, 5.41) is 8.62. The van der Waals surface area contributed by atoms with E-state index in [2.05, 4.69) is 16.0 Å². The molecule has 2 aromatic carbocycles. The van der Waals surface area contributed by atoms with Crippen LogP contribution < -0.4 is 16.0 Å². The maximum Gasteiger partial charge on any atom is 0.243 e. The molecule has 1 atom stereocenters. The third-order valence-electron chi connectivity index (χ3n) is 4.50. The van der Waals surface area contributed by atoms with Crippen molar-refractivity contribution in [2.45, 2.75) is 33.2 Å². The molecule has 6 heteroatoms. The highest BCUT2D eigenvalue weighted by Crippen LogP contribution is 2.21. The molecule has 0 aliphatic rings. The zero-order chi connectivity index (χ0) is 20.5. The van der Waals surface area contributed by atoms with Crippen LogP contribution >= 0.6 is 0 Å². The molecule has 0 fully saturated rings. The SMILES string of the molecule is CCc1ccccc1NC(=O)CNC(=O)CN[C@H](c1ccc(F)cc1)C(C)C. The molecular weight excluding hydrogens is 357 g/mol. The summed E-state index contributed by atoms with van der Waals surface area (Å²) in [5.41, 5.74) is 2.72. The molecule has 3 N–H and O–H groups in total. The number of aryl methyl sites for hydroxylation is 1. The average Bonchev–Trinajstić information content (AvgIpc) is 2.68. The van der Waals surface area contributed by atoms with Gasteiger partial charge in [0.05, 0.1) is 13.1 Å². The van der Waals surface area contributed by atoms with Gasteiger partial charge in [0.1, 0.15) is 5.82 Å². The van der Waals surface area contributed by atoms with E-state index in [1.807, 2.05) is 45.0 Å². The van der Waals surface area contributed by atoms with E-state index in [1.54, 1.807) is 12.1 Å². The molecule has 5 nitrogen and oxygen atoms in total. The summed E-state index contributed by atoms with van der Waals surface area (Å²) in [6.45, 7) is 6.04. The lowest BCUT2D eigenvalue weighted by atomic mass is 9.96. The number of para-hydroxylation sites is 1. The number of amides is 2. The Morgan fingerprint density at radius 3 is 2.29 bits per heavy atom. The van der Waals surface area contributed by atoms with Gasteiger partial charge in [-0.1, -0.05) is 51.1 Å². The van der Waals surface area contributed by atoms with Crippen molar-refractivity contribution in [1.29, 1.82) is 0 Å². The van der Waals surface area contributed by atoms with Crippen molar-refractivity contribution in [2.75, 3.05) is 18.4 Å². The van der Waals surface area contributed by atoms with Gasteiger partial charge < -0.3 is 16.0 Å². The second-order valence-electron chi connectivity index (χ2n) is 6.99. The Kier molecular flexibility index (Phi) is 8.14. The number of halogens is 1. The maximum atomic E-state index is 13.1. The van der Waals surface area contributed by atoms with E-state index >= 15 is 0 Å². The minimum atomic E-state index is -0.292. The highest BCUT2D eigenvalue weighted by molar-refractivity contribution is 5.95. The molecule has 0 radical (unpaired) electrons. The maximum absolute atomic E-state index is 13.1. The van der Waals surface area contributed by atoms with E-state index in [0.29, 0.717) is 0 Å². The lowest BCUT2D eigenvalue weighted by molar-refractivity contribution is -0.123. The first-order chi connectivity index (χ1) is 13.4. The molecule has 0 saturated heterocycles. The van der Waals surface area contributed by atoms with Crippen LogP contribution in [0.3, 0.4) is 0 Å². The molecule has 0 heterocycles. The molecule has 150 valence electrons. The minimum absolute atomic E-state index is 0.0685. The fourth-order valence-electron chi connectivity index (χ4n) is 3.00. The molecule has 0 spiro atoms. The molecule has 28 heavy (non-hydrogen) atoms. The van der Waals surface area contributed by atoms with Gasteiger partial charge in [0.15, 0.2) is 0 Å². The van der Waals surface area contributed by atoms with Crippen molar-refractivity contribution >= 4 is 17.5 Å². The van der Waals surface area contributed by atoms with Crippen molar-refractivity contribution in [2.24, 2.45) is 5.92 Å². The normalized spacial score (nSPS) is 11.9. The first-order valence-corrected chi connectivity index (χ1v) is 9.54. The average molecular weight is 385 g/mol. The molecule has 0 aliphatic carbocycles. The van der Waals surface area contributed by atoms with Crippen LogP contribution in [-0.2, 0) is 16.0 Å². The Labute approximate surface area is 165 Å². The van der Waals surface area contributed by atoms with Gasteiger partial charge in [-0.25, -0.2) is 4.39 Å². The molecule has 2 aromatic rings. The van der Waals surface area contributed by atoms with E-state index in [0.717, 1.165) is 23.2 Å². The second-order valence-corrected chi connectivity index (χ2v) is 6.99. The number of hydrogen-bond donors (Lipinski definition) is 3. The van der Waals surface area contributed by atoms with Gasteiger partial charge >= 0.3 is 0 Å². The molecule has 2 amide bonds. The smallest absolute Gasteiger partial charge is 0.243 e. The largest absolute Gasteiger partial charge is 0.346 e. The van der Waals surface area contributed by atoms with Crippen molar-refractivity contribution in [3.05, 3.63) is 65.5 Å². The topological polar surface area (TPSA) is 70.2 Å². The minimum Gasteiger partial charge on any atom is -0.346 e. The molecular formula is C22H28FN3O2. The lowest BCUT2D eigenvalue weighted by Gasteiger charge is -2.22. The van der Waals surface area contributed by atoms with Crippen molar-refractivity contribution < 1.29 is 14.0 Å². The highest BCUT2D eigenvalue weighted by atomic mass is 19.1. The van der Waals surface area contributed by atoms with E-state index < -0.39 is 0 Å². The van der Waals surface area contributed by atoms with Gasteiger partial charge in [0, 0.05) is 11.7 Å². The van der Waals surface area contributed by atoms with Crippen LogP contribution in [0.2, 0.25) is 0 Å². The zero-order valence-electron chi connectivity index (χ0n) is 16.6. The fourth-order valence-corrected chi connectivity index (χ4v) is 3.00. The zero-order valence-corrected chi connectivity index (χ0v) is 16.6. The van der Waals surface area contributed by atoms with Crippen LogP contribution in [0.15, 0.2) is 48.5 Å². The Bertz CT molecular complexity index is 791. The quantitative estimate of drug-likeness (QED) is 0.619. The number of anilines is 1. The van der Waals surface area contributed by atoms with Crippen LogP contribution in [0, 0.1) is 11.7 Å². The van der Waals surface area contributed by atoms with Crippen LogP contribution in [-0.4, -0.2) is 24.9 Å². The van der Waals surface area contributed by atoms with Gasteiger partial charge in [0.25, 0.3) is 0 Å². The molecule has 0 aromatic heterocycles. The lowest BCUT2D eigenvalue weighted by Crippen LogP contribution is -2.40. The number of nitrogens with one attached hydrogen (secondary N) is 3. The Hall–Kier alpha value is -2.73. The Morgan fingerprint density at radius 1 is 0.964 bits per heavy atom. The van der Waals surface area contributed by atoms with Crippen molar-refractivity contribution in [3.8, 4) is 0 Å². The van der Waals surface area contributed by atoms with E-state index in [-0.39, 0.29) is 42.7 Å². The van der Waals surface area contributed by atoms with Gasteiger partial charge in [0.2, 0.25) is 11.8 Å². The van der Waals surface area contributed by atoms with Gasteiger partial charge in [-0.3, -0.25) is 9.59 Å². The summed E-state index contributed by atoms with van der Waals surface area (Å²) in [6, 6.07) is 13.7. The summed E-state index contributed by atoms with van der Waals surface area (Å²) in [5.74, 6) is -0.619. The number of benzene rings is 2. The number of carbonyl (C=O) groups excluding carboxylic acids is 2. The predicted octanol–water partition coefficient (Wildman–Crippen LogP) is 3.43. The number of rotatable bonds is 9. The number of hydrogen-bond acceptors (Lipinski definition) is 3. The van der Waals surface area contributed by atoms with Gasteiger partial charge in [-0.15, -0.1) is 0 Å². The van der Waals surface area contributed by atoms with Crippen LogP contribution in [0.5, 0.6) is 0 Å². The van der Waals surface area contributed by atoms with Gasteiger partial charge in [-0.2, -0.15) is 0 Å². The van der Waals surface area contributed by atoms with Crippen molar-refractivity contribution in [1.82, 2.24) is 10.6 Å². The molecule has 0 saturated carbocycles. The van der Waals surface area contributed by atoms with Crippen LogP contribution in [0.1, 0.15) is 37.9 Å². The summed E-state index contributed by atoms with van der Waals surface area (Å²) in [6.07, 6.45) is 0.812. The van der Waals surface area contributed by atoms with Gasteiger partial charge in [-0.05, 0) is 41.7 Å². The number of carbonyl (C=O) groups is 2. The predicted molar refractivity (Wildman–Crippen MR) is 109 cm³/mol. The monoisotopic (exact) mass is 385 g/mol. The Balaban J connectivity index is 1.82. The fraction of sp³-hybridized carbons (Fsp3) is 0.364.